The second-order valence-electron chi connectivity index (χ2n) is 9.87. The summed E-state index contributed by atoms with van der Waals surface area (Å²) < 4.78 is 12.0. The fourth-order valence-corrected chi connectivity index (χ4v) is 5.11. The Labute approximate surface area is 206 Å². The highest BCUT2D eigenvalue weighted by molar-refractivity contribution is 5.97. The Morgan fingerprint density at radius 2 is 1.91 bits per heavy atom. The van der Waals surface area contributed by atoms with Crippen LogP contribution in [0.25, 0.3) is 0 Å². The van der Waals surface area contributed by atoms with Crippen LogP contribution in [0.5, 0.6) is 11.5 Å². The van der Waals surface area contributed by atoms with Gasteiger partial charge >= 0.3 is 0 Å². The topological polar surface area (TPSA) is 82.6 Å². The SMILES string of the molecule is CC(=O)N1CC(Oc2ccc3c(c2)O[C@H](C)CN(CC(O)CN2CCc4ccccc4C2)C3=O)C1. The van der Waals surface area contributed by atoms with Crippen molar-refractivity contribution in [2.75, 3.05) is 39.3 Å². The second kappa shape index (κ2) is 9.87. The third kappa shape index (κ3) is 5.28. The molecule has 3 aliphatic heterocycles. The molecular formula is C27H33N3O5. The minimum absolute atomic E-state index is 0.0434. The highest BCUT2D eigenvalue weighted by Crippen LogP contribution is 2.31. The average molecular weight is 480 g/mol. The number of nitrogens with zero attached hydrogens (tertiary/aromatic N) is 3. The van der Waals surface area contributed by atoms with Crippen LogP contribution >= 0.6 is 0 Å². The van der Waals surface area contributed by atoms with Gasteiger partial charge in [-0.1, -0.05) is 24.3 Å². The third-order valence-corrected chi connectivity index (χ3v) is 6.98. The molecule has 5 rings (SSSR count). The number of rotatable bonds is 6. The molecule has 0 bridgehead atoms. The first-order chi connectivity index (χ1) is 16.9. The molecule has 0 spiro atoms. The van der Waals surface area contributed by atoms with E-state index in [0.29, 0.717) is 43.2 Å². The van der Waals surface area contributed by atoms with Crippen molar-refractivity contribution in [3.05, 3.63) is 59.2 Å². The normalized spacial score (nSPS) is 21.3. The van der Waals surface area contributed by atoms with Crippen molar-refractivity contribution in [1.82, 2.24) is 14.7 Å². The van der Waals surface area contributed by atoms with Crippen LogP contribution in [-0.2, 0) is 17.8 Å². The molecule has 0 aliphatic carbocycles. The molecule has 2 amide bonds. The van der Waals surface area contributed by atoms with Gasteiger partial charge in [-0.25, -0.2) is 0 Å². The van der Waals surface area contributed by atoms with Crippen molar-refractivity contribution >= 4 is 11.8 Å². The molecule has 3 heterocycles. The van der Waals surface area contributed by atoms with Crippen LogP contribution in [0, 0.1) is 0 Å². The summed E-state index contributed by atoms with van der Waals surface area (Å²) in [6, 6.07) is 13.7. The lowest BCUT2D eigenvalue weighted by atomic mass is 10.00. The van der Waals surface area contributed by atoms with E-state index in [1.807, 2.05) is 6.92 Å². The van der Waals surface area contributed by atoms with E-state index in [1.165, 1.54) is 11.1 Å². The number of aliphatic hydroxyl groups is 1. The van der Waals surface area contributed by atoms with E-state index >= 15 is 0 Å². The van der Waals surface area contributed by atoms with Gasteiger partial charge in [0.2, 0.25) is 5.91 Å². The highest BCUT2D eigenvalue weighted by Gasteiger charge is 2.32. The maximum Gasteiger partial charge on any atom is 0.257 e. The van der Waals surface area contributed by atoms with Gasteiger partial charge in [-0.05, 0) is 36.6 Å². The van der Waals surface area contributed by atoms with Crippen LogP contribution < -0.4 is 9.47 Å². The molecular weight excluding hydrogens is 446 g/mol. The van der Waals surface area contributed by atoms with Crippen molar-refractivity contribution in [1.29, 1.82) is 0 Å². The van der Waals surface area contributed by atoms with Gasteiger partial charge in [0.1, 0.15) is 23.7 Å². The molecule has 1 N–H and O–H groups in total. The molecule has 0 saturated carbocycles. The number of β-amino-alcohol motifs (C(OH)–C–C–N with tert-alkyl or cyclic N) is 1. The summed E-state index contributed by atoms with van der Waals surface area (Å²) in [4.78, 5) is 30.4. The van der Waals surface area contributed by atoms with Crippen LogP contribution in [0.2, 0.25) is 0 Å². The zero-order chi connectivity index (χ0) is 24.5. The number of likely N-dealkylation sites (tertiary alicyclic amines) is 1. The Morgan fingerprint density at radius 1 is 1.14 bits per heavy atom. The first-order valence-corrected chi connectivity index (χ1v) is 12.3. The van der Waals surface area contributed by atoms with Crippen molar-refractivity contribution < 1.29 is 24.2 Å². The number of carbonyl (C=O) groups excluding carboxylic acids is 2. The fraction of sp³-hybridized carbons (Fsp3) is 0.481. The second-order valence-corrected chi connectivity index (χ2v) is 9.87. The van der Waals surface area contributed by atoms with Crippen molar-refractivity contribution in [3.8, 4) is 11.5 Å². The number of carbonyl (C=O) groups is 2. The van der Waals surface area contributed by atoms with E-state index in [-0.39, 0.29) is 30.6 Å². The van der Waals surface area contributed by atoms with Gasteiger partial charge in [0.25, 0.3) is 5.91 Å². The third-order valence-electron chi connectivity index (χ3n) is 6.98. The van der Waals surface area contributed by atoms with Crippen molar-refractivity contribution in [3.63, 3.8) is 0 Å². The Hall–Kier alpha value is -3.10. The molecule has 8 heteroatoms. The van der Waals surface area contributed by atoms with Gasteiger partial charge in [-0.3, -0.25) is 14.5 Å². The lowest BCUT2D eigenvalue weighted by molar-refractivity contribution is -0.137. The number of aliphatic hydroxyl groups excluding tert-OH is 1. The van der Waals surface area contributed by atoms with Gasteiger partial charge in [0.05, 0.1) is 31.3 Å². The Morgan fingerprint density at radius 3 is 2.69 bits per heavy atom. The van der Waals surface area contributed by atoms with Crippen LogP contribution in [0.1, 0.15) is 35.3 Å². The predicted molar refractivity (Wildman–Crippen MR) is 131 cm³/mol. The van der Waals surface area contributed by atoms with Crippen molar-refractivity contribution in [2.24, 2.45) is 0 Å². The molecule has 8 nitrogen and oxygen atoms in total. The zero-order valence-electron chi connectivity index (χ0n) is 20.4. The molecule has 35 heavy (non-hydrogen) atoms. The minimum Gasteiger partial charge on any atom is -0.488 e. The van der Waals surface area contributed by atoms with Crippen molar-refractivity contribution in [2.45, 2.75) is 45.1 Å². The Bertz CT molecular complexity index is 1100. The lowest BCUT2D eigenvalue weighted by Crippen LogP contribution is -2.55. The summed E-state index contributed by atoms with van der Waals surface area (Å²) in [7, 11) is 0. The van der Waals surface area contributed by atoms with Gasteiger partial charge in [-0.2, -0.15) is 0 Å². The molecule has 2 aromatic carbocycles. The summed E-state index contributed by atoms with van der Waals surface area (Å²) in [5.74, 6) is 1.01. The van der Waals surface area contributed by atoms with E-state index in [4.69, 9.17) is 9.47 Å². The largest absolute Gasteiger partial charge is 0.488 e. The standard InChI is InChI=1S/C27H33N3O5/c1-18-12-30(15-22(32)14-28-10-9-20-5-3-4-6-21(20)13-28)27(33)25-8-7-23(11-26(25)34-18)35-24-16-29(17-24)19(2)31/h3-8,11,18,22,24,32H,9-10,12-17H2,1-2H3/t18-,22?/m1/s1. The first-order valence-electron chi connectivity index (χ1n) is 12.3. The number of hydrogen-bond acceptors (Lipinski definition) is 6. The van der Waals surface area contributed by atoms with E-state index in [0.717, 1.165) is 19.5 Å². The minimum atomic E-state index is -0.650. The van der Waals surface area contributed by atoms with E-state index in [9.17, 15) is 14.7 Å². The molecule has 1 saturated heterocycles. The lowest BCUT2D eigenvalue weighted by Gasteiger charge is -2.38. The molecule has 2 atom stereocenters. The summed E-state index contributed by atoms with van der Waals surface area (Å²) in [6.45, 7) is 7.50. The molecule has 0 aromatic heterocycles. The van der Waals surface area contributed by atoms with Gasteiger partial charge in [-0.15, -0.1) is 0 Å². The van der Waals surface area contributed by atoms with E-state index < -0.39 is 6.10 Å². The van der Waals surface area contributed by atoms with Crippen LogP contribution in [0.4, 0.5) is 0 Å². The van der Waals surface area contributed by atoms with E-state index in [2.05, 4.69) is 29.2 Å². The molecule has 1 unspecified atom stereocenters. The van der Waals surface area contributed by atoms with Gasteiger partial charge < -0.3 is 24.4 Å². The molecule has 0 radical (unpaired) electrons. The van der Waals surface area contributed by atoms with Gasteiger partial charge in [0, 0.05) is 39.2 Å². The van der Waals surface area contributed by atoms with Crippen LogP contribution in [0.15, 0.2) is 42.5 Å². The van der Waals surface area contributed by atoms with Crippen LogP contribution in [-0.4, -0.2) is 89.2 Å². The molecule has 2 aromatic rings. The summed E-state index contributed by atoms with van der Waals surface area (Å²) in [5.41, 5.74) is 3.15. The Kier molecular flexibility index (Phi) is 6.67. The van der Waals surface area contributed by atoms with Gasteiger partial charge in [0.15, 0.2) is 0 Å². The number of amides is 2. The van der Waals surface area contributed by atoms with Crippen LogP contribution in [0.3, 0.4) is 0 Å². The number of fused-ring (bicyclic) bond motifs is 2. The molecule has 1 fully saturated rings. The summed E-state index contributed by atoms with van der Waals surface area (Å²) in [5, 5.41) is 10.9. The number of ether oxygens (including phenoxy) is 2. The smallest absolute Gasteiger partial charge is 0.257 e. The number of hydrogen-bond donors (Lipinski definition) is 1. The highest BCUT2D eigenvalue weighted by atomic mass is 16.5. The fourth-order valence-electron chi connectivity index (χ4n) is 5.11. The Balaban J connectivity index is 1.21. The van der Waals surface area contributed by atoms with E-state index in [1.54, 1.807) is 34.9 Å². The maximum atomic E-state index is 13.3. The summed E-state index contributed by atoms with van der Waals surface area (Å²) in [6.07, 6.45) is 0.0519. The maximum absolute atomic E-state index is 13.3. The monoisotopic (exact) mass is 479 g/mol. The predicted octanol–water partition coefficient (Wildman–Crippen LogP) is 1.94. The zero-order valence-corrected chi connectivity index (χ0v) is 20.4. The first kappa shape index (κ1) is 23.6. The quantitative estimate of drug-likeness (QED) is 0.682. The molecule has 3 aliphatic rings. The number of benzene rings is 2. The average Bonchev–Trinajstić information content (AvgIpc) is 2.90. The summed E-state index contributed by atoms with van der Waals surface area (Å²) >= 11 is 0. The molecule has 186 valence electrons.